The molecule has 2 N–H and O–H groups in total. The summed E-state index contributed by atoms with van der Waals surface area (Å²) in [5, 5.41) is 0.498. The van der Waals surface area contributed by atoms with E-state index in [1.807, 2.05) is 13.8 Å². The number of carbonyl (C=O) groups excluding carboxylic acids is 1. The number of esters is 1. The van der Waals surface area contributed by atoms with E-state index in [9.17, 15) is 4.79 Å². The first-order valence-electron chi connectivity index (χ1n) is 4.51. The van der Waals surface area contributed by atoms with Crippen molar-refractivity contribution in [2.45, 2.75) is 45.1 Å². The Morgan fingerprint density at radius 2 is 1.92 bits per heavy atom. The molecule has 13 heavy (non-hydrogen) atoms. The third-order valence-electron chi connectivity index (χ3n) is 1.26. The van der Waals surface area contributed by atoms with E-state index in [-0.39, 0.29) is 12.1 Å². The Labute approximate surface area is 84.4 Å². The average Bonchev–Trinajstić information content (AvgIpc) is 1.98. The number of hydrogen-bond acceptors (Lipinski definition) is 4. The number of rotatable bonds is 5. The molecule has 1 atom stereocenters. The quantitative estimate of drug-likeness (QED) is 0.689. The van der Waals surface area contributed by atoms with Crippen LogP contribution in [0.4, 0.5) is 0 Å². The van der Waals surface area contributed by atoms with Gasteiger partial charge in [0.2, 0.25) is 0 Å². The standard InChI is InChI=1S/C9H19NO2S/c1-6(2)12-9(11)8(10)5-13-7(3)4/h6-8H,5,10H2,1-4H3. The topological polar surface area (TPSA) is 52.3 Å². The van der Waals surface area contributed by atoms with Crippen LogP contribution in [0.5, 0.6) is 0 Å². The van der Waals surface area contributed by atoms with Crippen LogP contribution in [0.2, 0.25) is 0 Å². The molecule has 3 nitrogen and oxygen atoms in total. The molecule has 0 fully saturated rings. The summed E-state index contributed by atoms with van der Waals surface area (Å²) in [6.07, 6.45) is -0.0809. The molecule has 1 unspecified atom stereocenters. The summed E-state index contributed by atoms with van der Waals surface area (Å²) < 4.78 is 4.97. The summed E-state index contributed by atoms with van der Waals surface area (Å²) in [5.41, 5.74) is 5.62. The van der Waals surface area contributed by atoms with Gasteiger partial charge in [-0.2, -0.15) is 11.8 Å². The van der Waals surface area contributed by atoms with Crippen molar-refractivity contribution < 1.29 is 9.53 Å². The molecule has 0 amide bonds. The minimum Gasteiger partial charge on any atom is -0.462 e. The maximum absolute atomic E-state index is 11.2. The monoisotopic (exact) mass is 205 g/mol. The zero-order chi connectivity index (χ0) is 10.4. The van der Waals surface area contributed by atoms with Crippen LogP contribution in [0.25, 0.3) is 0 Å². The minimum absolute atomic E-state index is 0.0809. The van der Waals surface area contributed by atoms with Crippen LogP contribution in [-0.4, -0.2) is 29.1 Å². The maximum Gasteiger partial charge on any atom is 0.324 e. The fraction of sp³-hybridized carbons (Fsp3) is 0.889. The summed E-state index contributed by atoms with van der Waals surface area (Å²) >= 11 is 1.67. The van der Waals surface area contributed by atoms with Gasteiger partial charge in [-0.15, -0.1) is 0 Å². The highest BCUT2D eigenvalue weighted by Gasteiger charge is 2.16. The molecule has 4 heteroatoms. The SMILES string of the molecule is CC(C)OC(=O)C(N)CSC(C)C. The lowest BCUT2D eigenvalue weighted by Crippen LogP contribution is -2.36. The second-order valence-electron chi connectivity index (χ2n) is 3.47. The van der Waals surface area contributed by atoms with Crippen LogP contribution in [-0.2, 0) is 9.53 Å². The van der Waals surface area contributed by atoms with Crippen molar-refractivity contribution >= 4 is 17.7 Å². The Bertz CT molecular complexity index is 160. The summed E-state index contributed by atoms with van der Waals surface area (Å²) in [7, 11) is 0. The van der Waals surface area contributed by atoms with Gasteiger partial charge in [0.05, 0.1) is 6.10 Å². The zero-order valence-corrected chi connectivity index (χ0v) is 9.56. The lowest BCUT2D eigenvalue weighted by atomic mass is 10.3. The van der Waals surface area contributed by atoms with Gasteiger partial charge >= 0.3 is 5.97 Å². The van der Waals surface area contributed by atoms with E-state index in [1.54, 1.807) is 11.8 Å². The smallest absolute Gasteiger partial charge is 0.324 e. The molecular weight excluding hydrogens is 186 g/mol. The summed E-state index contributed by atoms with van der Waals surface area (Å²) in [6, 6.07) is -0.491. The van der Waals surface area contributed by atoms with E-state index in [4.69, 9.17) is 10.5 Å². The Morgan fingerprint density at radius 3 is 2.31 bits per heavy atom. The van der Waals surface area contributed by atoms with Crippen molar-refractivity contribution in [1.29, 1.82) is 0 Å². The highest BCUT2D eigenvalue weighted by Crippen LogP contribution is 2.10. The summed E-state index contributed by atoms with van der Waals surface area (Å²) in [6.45, 7) is 7.79. The van der Waals surface area contributed by atoms with Crippen molar-refractivity contribution in [3.8, 4) is 0 Å². The van der Waals surface area contributed by atoms with Crippen LogP contribution in [0.1, 0.15) is 27.7 Å². The Kier molecular flexibility index (Phi) is 6.16. The molecule has 0 aromatic carbocycles. The van der Waals surface area contributed by atoms with E-state index in [1.165, 1.54) is 0 Å². The Hall–Kier alpha value is -0.220. The van der Waals surface area contributed by atoms with Crippen molar-refractivity contribution in [3.05, 3.63) is 0 Å². The van der Waals surface area contributed by atoms with Gasteiger partial charge in [-0.1, -0.05) is 13.8 Å². The molecule has 0 rings (SSSR count). The molecule has 0 spiro atoms. The van der Waals surface area contributed by atoms with Crippen molar-refractivity contribution in [2.24, 2.45) is 5.73 Å². The molecule has 0 aliphatic carbocycles. The van der Waals surface area contributed by atoms with Gasteiger partial charge in [-0.3, -0.25) is 4.79 Å². The van der Waals surface area contributed by atoms with Gasteiger partial charge in [0.1, 0.15) is 6.04 Å². The highest BCUT2D eigenvalue weighted by molar-refractivity contribution is 7.99. The van der Waals surface area contributed by atoms with Crippen molar-refractivity contribution in [1.82, 2.24) is 0 Å². The van der Waals surface area contributed by atoms with Crippen molar-refractivity contribution in [3.63, 3.8) is 0 Å². The maximum atomic E-state index is 11.2. The second kappa shape index (κ2) is 6.27. The van der Waals surface area contributed by atoms with E-state index < -0.39 is 6.04 Å². The molecule has 0 aliphatic rings. The Morgan fingerprint density at radius 1 is 1.38 bits per heavy atom. The fourth-order valence-electron chi connectivity index (χ4n) is 0.684. The predicted molar refractivity (Wildman–Crippen MR) is 56.8 cm³/mol. The molecule has 0 saturated heterocycles. The van der Waals surface area contributed by atoms with Gasteiger partial charge in [0, 0.05) is 5.75 Å². The van der Waals surface area contributed by atoms with E-state index >= 15 is 0 Å². The number of carbonyl (C=O) groups is 1. The first-order chi connectivity index (χ1) is 5.93. The highest BCUT2D eigenvalue weighted by atomic mass is 32.2. The van der Waals surface area contributed by atoms with Gasteiger partial charge in [-0.05, 0) is 19.1 Å². The fourth-order valence-corrected chi connectivity index (χ4v) is 1.41. The number of hydrogen-bond donors (Lipinski definition) is 1. The summed E-state index contributed by atoms with van der Waals surface area (Å²) in [4.78, 5) is 11.2. The largest absolute Gasteiger partial charge is 0.462 e. The van der Waals surface area contributed by atoms with Crippen LogP contribution in [0.15, 0.2) is 0 Å². The van der Waals surface area contributed by atoms with Crippen LogP contribution < -0.4 is 5.73 Å². The van der Waals surface area contributed by atoms with Gasteiger partial charge in [0.15, 0.2) is 0 Å². The molecule has 78 valence electrons. The lowest BCUT2D eigenvalue weighted by molar-refractivity contribution is -0.148. The normalized spacial score (nSPS) is 13.5. The van der Waals surface area contributed by atoms with Crippen molar-refractivity contribution in [2.75, 3.05) is 5.75 Å². The number of ether oxygens (including phenoxy) is 1. The van der Waals surface area contributed by atoms with Crippen LogP contribution in [0.3, 0.4) is 0 Å². The number of nitrogens with two attached hydrogens (primary N) is 1. The Balaban J connectivity index is 3.69. The molecule has 0 aromatic rings. The molecule has 0 aromatic heterocycles. The van der Waals surface area contributed by atoms with Crippen LogP contribution >= 0.6 is 11.8 Å². The third kappa shape index (κ3) is 6.90. The minimum atomic E-state index is -0.491. The van der Waals surface area contributed by atoms with E-state index in [0.29, 0.717) is 11.0 Å². The first kappa shape index (κ1) is 12.8. The molecule has 0 heterocycles. The molecule has 0 saturated carbocycles. The third-order valence-corrected chi connectivity index (χ3v) is 2.48. The second-order valence-corrected chi connectivity index (χ2v) is 5.08. The molecule has 0 bridgehead atoms. The lowest BCUT2D eigenvalue weighted by Gasteiger charge is -2.14. The van der Waals surface area contributed by atoms with E-state index in [0.717, 1.165) is 0 Å². The summed E-state index contributed by atoms with van der Waals surface area (Å²) in [5.74, 6) is 0.326. The van der Waals surface area contributed by atoms with E-state index in [2.05, 4.69) is 13.8 Å². The first-order valence-corrected chi connectivity index (χ1v) is 5.56. The molecule has 0 radical (unpaired) electrons. The molecular formula is C9H19NO2S. The molecule has 0 aliphatic heterocycles. The van der Waals surface area contributed by atoms with Crippen LogP contribution in [0, 0.1) is 0 Å². The zero-order valence-electron chi connectivity index (χ0n) is 8.74. The van der Waals surface area contributed by atoms with Gasteiger partial charge < -0.3 is 10.5 Å². The van der Waals surface area contributed by atoms with Gasteiger partial charge in [-0.25, -0.2) is 0 Å². The number of thioether (sulfide) groups is 1. The predicted octanol–water partition coefficient (Wildman–Crippen LogP) is 1.41. The average molecular weight is 205 g/mol. The van der Waals surface area contributed by atoms with Gasteiger partial charge in [0.25, 0.3) is 0 Å².